The zero-order valence-electron chi connectivity index (χ0n) is 9.99. The SMILES string of the molecule is CCC(C)(C)N1CCN(C(=O)CS)CC1. The summed E-state index contributed by atoms with van der Waals surface area (Å²) >= 11 is 4.02. The third-order valence-corrected chi connectivity index (χ3v) is 3.76. The first-order valence-corrected chi connectivity index (χ1v) is 6.28. The normalized spacial score (nSPS) is 19.3. The van der Waals surface area contributed by atoms with Crippen molar-refractivity contribution in [1.82, 2.24) is 9.80 Å². The van der Waals surface area contributed by atoms with Crippen molar-refractivity contribution < 1.29 is 4.79 Å². The number of thiol groups is 1. The summed E-state index contributed by atoms with van der Waals surface area (Å²) in [7, 11) is 0. The molecule has 1 amide bonds. The van der Waals surface area contributed by atoms with Crippen LogP contribution in [0.2, 0.25) is 0 Å². The average Bonchev–Trinajstić information content (AvgIpc) is 2.28. The van der Waals surface area contributed by atoms with E-state index in [2.05, 4.69) is 38.3 Å². The predicted octanol–water partition coefficient (Wildman–Crippen LogP) is 1.25. The minimum atomic E-state index is 0.160. The van der Waals surface area contributed by atoms with Crippen molar-refractivity contribution in [3.63, 3.8) is 0 Å². The molecular formula is C11H22N2OS. The highest BCUT2D eigenvalue weighted by atomic mass is 32.1. The Labute approximate surface area is 98.2 Å². The number of hydrogen-bond donors (Lipinski definition) is 1. The Bertz CT molecular complexity index is 223. The monoisotopic (exact) mass is 230 g/mol. The maximum Gasteiger partial charge on any atom is 0.232 e. The second-order valence-corrected chi connectivity index (χ2v) is 5.01. The predicted molar refractivity (Wildman–Crippen MR) is 66.4 cm³/mol. The van der Waals surface area contributed by atoms with E-state index in [9.17, 15) is 4.79 Å². The molecule has 1 aliphatic rings. The van der Waals surface area contributed by atoms with Crippen molar-refractivity contribution >= 4 is 18.5 Å². The molecule has 1 heterocycles. The summed E-state index contributed by atoms with van der Waals surface area (Å²) in [4.78, 5) is 15.8. The van der Waals surface area contributed by atoms with E-state index in [1.165, 1.54) is 0 Å². The number of rotatable bonds is 3. The van der Waals surface area contributed by atoms with Gasteiger partial charge in [-0.1, -0.05) is 6.92 Å². The molecule has 0 aromatic heterocycles. The first-order valence-electron chi connectivity index (χ1n) is 5.65. The summed E-state index contributed by atoms with van der Waals surface area (Å²) in [6.45, 7) is 10.4. The molecule has 0 atom stereocenters. The minimum Gasteiger partial charge on any atom is -0.339 e. The summed E-state index contributed by atoms with van der Waals surface area (Å²) in [5, 5.41) is 0. The van der Waals surface area contributed by atoms with Crippen molar-refractivity contribution in [2.75, 3.05) is 31.9 Å². The molecule has 1 fully saturated rings. The topological polar surface area (TPSA) is 23.6 Å². The molecule has 0 bridgehead atoms. The van der Waals surface area contributed by atoms with Gasteiger partial charge in [0.25, 0.3) is 0 Å². The maximum atomic E-state index is 11.4. The van der Waals surface area contributed by atoms with E-state index in [1.54, 1.807) is 0 Å². The van der Waals surface area contributed by atoms with Gasteiger partial charge in [0.15, 0.2) is 0 Å². The van der Waals surface area contributed by atoms with Gasteiger partial charge in [-0.05, 0) is 20.3 Å². The summed E-state index contributed by atoms with van der Waals surface area (Å²) in [5.74, 6) is 0.490. The molecule has 0 N–H and O–H groups in total. The number of carbonyl (C=O) groups is 1. The Kier molecular flexibility index (Phi) is 4.46. The smallest absolute Gasteiger partial charge is 0.232 e. The largest absolute Gasteiger partial charge is 0.339 e. The van der Waals surface area contributed by atoms with Crippen LogP contribution < -0.4 is 0 Å². The number of nitrogens with zero attached hydrogens (tertiary/aromatic N) is 2. The van der Waals surface area contributed by atoms with Crippen molar-refractivity contribution in [3.05, 3.63) is 0 Å². The van der Waals surface area contributed by atoms with Gasteiger partial charge in [-0.15, -0.1) is 0 Å². The fourth-order valence-electron chi connectivity index (χ4n) is 1.88. The Morgan fingerprint density at radius 1 is 1.27 bits per heavy atom. The number of piperazine rings is 1. The molecule has 0 aliphatic carbocycles. The Hall–Kier alpha value is -0.220. The first kappa shape index (κ1) is 12.8. The molecule has 0 aromatic rings. The molecule has 0 radical (unpaired) electrons. The molecule has 1 rings (SSSR count). The second kappa shape index (κ2) is 5.21. The molecule has 15 heavy (non-hydrogen) atoms. The standard InChI is InChI=1S/C11H22N2OS/c1-4-11(2,3)13-7-5-12(6-8-13)10(14)9-15/h15H,4-9H2,1-3H3. The highest BCUT2D eigenvalue weighted by Gasteiger charge is 2.29. The third kappa shape index (κ3) is 3.11. The summed E-state index contributed by atoms with van der Waals surface area (Å²) in [6, 6.07) is 0. The molecule has 1 aliphatic heterocycles. The Balaban J connectivity index is 2.46. The Morgan fingerprint density at radius 3 is 2.20 bits per heavy atom. The summed E-state index contributed by atoms with van der Waals surface area (Å²) < 4.78 is 0. The van der Waals surface area contributed by atoms with Gasteiger partial charge in [-0.2, -0.15) is 12.6 Å². The molecule has 0 saturated carbocycles. The zero-order valence-corrected chi connectivity index (χ0v) is 10.9. The fraction of sp³-hybridized carbons (Fsp3) is 0.909. The van der Waals surface area contributed by atoms with Crippen LogP contribution in [0.25, 0.3) is 0 Å². The van der Waals surface area contributed by atoms with Gasteiger partial charge in [0.05, 0.1) is 5.75 Å². The Morgan fingerprint density at radius 2 is 1.80 bits per heavy atom. The summed E-state index contributed by atoms with van der Waals surface area (Å²) in [6.07, 6.45) is 1.15. The lowest BCUT2D eigenvalue weighted by Crippen LogP contribution is -2.55. The number of carbonyl (C=O) groups excluding carboxylic acids is 1. The van der Waals surface area contributed by atoms with E-state index in [-0.39, 0.29) is 11.4 Å². The molecule has 88 valence electrons. The van der Waals surface area contributed by atoms with Gasteiger partial charge in [-0.25, -0.2) is 0 Å². The molecular weight excluding hydrogens is 208 g/mol. The van der Waals surface area contributed by atoms with Crippen LogP contribution in [0.3, 0.4) is 0 Å². The van der Waals surface area contributed by atoms with E-state index < -0.39 is 0 Å². The highest BCUT2D eigenvalue weighted by molar-refractivity contribution is 7.81. The second-order valence-electron chi connectivity index (χ2n) is 4.69. The fourth-order valence-corrected chi connectivity index (χ4v) is 2.08. The van der Waals surface area contributed by atoms with Crippen LogP contribution in [0.1, 0.15) is 27.2 Å². The van der Waals surface area contributed by atoms with Crippen LogP contribution >= 0.6 is 12.6 Å². The van der Waals surface area contributed by atoms with Crippen LogP contribution in [0, 0.1) is 0 Å². The molecule has 0 unspecified atom stereocenters. The quantitative estimate of drug-likeness (QED) is 0.738. The summed E-state index contributed by atoms with van der Waals surface area (Å²) in [5.41, 5.74) is 0.260. The van der Waals surface area contributed by atoms with Crippen molar-refractivity contribution in [3.8, 4) is 0 Å². The van der Waals surface area contributed by atoms with E-state index in [0.29, 0.717) is 5.75 Å². The first-order chi connectivity index (χ1) is 7.01. The lowest BCUT2D eigenvalue weighted by molar-refractivity contribution is -0.130. The van der Waals surface area contributed by atoms with Crippen LogP contribution in [-0.2, 0) is 4.79 Å². The van der Waals surface area contributed by atoms with Gasteiger partial charge in [-0.3, -0.25) is 9.69 Å². The lowest BCUT2D eigenvalue weighted by Gasteiger charge is -2.43. The van der Waals surface area contributed by atoms with Crippen LogP contribution in [0.4, 0.5) is 0 Å². The van der Waals surface area contributed by atoms with Gasteiger partial charge in [0, 0.05) is 31.7 Å². The van der Waals surface area contributed by atoms with E-state index in [0.717, 1.165) is 32.6 Å². The maximum absolute atomic E-state index is 11.4. The molecule has 1 saturated heterocycles. The molecule has 0 spiro atoms. The van der Waals surface area contributed by atoms with Gasteiger partial charge >= 0.3 is 0 Å². The van der Waals surface area contributed by atoms with Crippen molar-refractivity contribution in [2.24, 2.45) is 0 Å². The van der Waals surface area contributed by atoms with Crippen LogP contribution in [-0.4, -0.2) is 53.2 Å². The van der Waals surface area contributed by atoms with Crippen molar-refractivity contribution in [2.45, 2.75) is 32.7 Å². The number of amides is 1. The molecule has 4 heteroatoms. The van der Waals surface area contributed by atoms with Gasteiger partial charge in [0.2, 0.25) is 5.91 Å². The van der Waals surface area contributed by atoms with Crippen LogP contribution in [0.5, 0.6) is 0 Å². The minimum absolute atomic E-state index is 0.160. The third-order valence-electron chi connectivity index (χ3n) is 3.49. The van der Waals surface area contributed by atoms with Gasteiger partial charge in [0.1, 0.15) is 0 Å². The lowest BCUT2D eigenvalue weighted by atomic mass is 9.98. The van der Waals surface area contributed by atoms with E-state index >= 15 is 0 Å². The highest BCUT2D eigenvalue weighted by Crippen LogP contribution is 2.20. The zero-order chi connectivity index (χ0) is 11.5. The molecule has 0 aromatic carbocycles. The number of hydrogen-bond acceptors (Lipinski definition) is 3. The van der Waals surface area contributed by atoms with Crippen molar-refractivity contribution in [1.29, 1.82) is 0 Å². The van der Waals surface area contributed by atoms with Crippen LogP contribution in [0.15, 0.2) is 0 Å². The van der Waals surface area contributed by atoms with E-state index in [4.69, 9.17) is 0 Å². The average molecular weight is 230 g/mol. The molecule has 3 nitrogen and oxygen atoms in total. The van der Waals surface area contributed by atoms with E-state index in [1.807, 2.05) is 4.90 Å². The van der Waals surface area contributed by atoms with Gasteiger partial charge < -0.3 is 4.90 Å².